The molecule has 0 spiro atoms. The molecule has 6 heteroatoms. The van der Waals surface area contributed by atoms with Crippen molar-refractivity contribution in [3.63, 3.8) is 0 Å². The van der Waals surface area contributed by atoms with E-state index in [0.29, 0.717) is 6.54 Å². The molecule has 82 valence electrons. The molecule has 0 fully saturated rings. The van der Waals surface area contributed by atoms with Crippen molar-refractivity contribution in [3.05, 3.63) is 34.5 Å². The minimum atomic E-state index is -0.145. The van der Waals surface area contributed by atoms with Crippen LogP contribution < -0.4 is 5.32 Å². The summed E-state index contributed by atoms with van der Waals surface area (Å²) in [6, 6.07) is 3.26. The molecule has 0 aliphatic heterocycles. The summed E-state index contributed by atoms with van der Waals surface area (Å²) in [5, 5.41) is 7.03. The van der Waals surface area contributed by atoms with Gasteiger partial charge < -0.3 is 5.32 Å². The standard InChI is InChI=1S/C9H10FN3S.ClH/c1-13-6-7(4-12-13)11-5-8-2-3-9(10)14-8;/h2-4,6,11H,5H2,1H3;1H. The zero-order chi connectivity index (χ0) is 9.97. The van der Waals surface area contributed by atoms with Crippen LogP contribution in [0.4, 0.5) is 10.1 Å². The SMILES string of the molecule is Cl.Cn1cc(NCc2ccc(F)s2)cn1. The summed E-state index contributed by atoms with van der Waals surface area (Å²) >= 11 is 1.16. The summed E-state index contributed by atoms with van der Waals surface area (Å²) in [6.45, 7) is 0.639. The maximum atomic E-state index is 12.6. The Morgan fingerprint density at radius 3 is 2.87 bits per heavy atom. The molecule has 0 unspecified atom stereocenters. The molecule has 2 rings (SSSR count). The van der Waals surface area contributed by atoms with E-state index in [1.165, 1.54) is 6.07 Å². The average molecular weight is 248 g/mol. The molecule has 3 nitrogen and oxygen atoms in total. The first kappa shape index (κ1) is 12.0. The van der Waals surface area contributed by atoms with Gasteiger partial charge in [0, 0.05) is 24.7 Å². The van der Waals surface area contributed by atoms with E-state index in [0.717, 1.165) is 21.9 Å². The van der Waals surface area contributed by atoms with E-state index in [9.17, 15) is 4.39 Å². The van der Waals surface area contributed by atoms with Crippen molar-refractivity contribution in [1.82, 2.24) is 9.78 Å². The minimum Gasteiger partial charge on any atom is -0.378 e. The number of nitrogens with zero attached hydrogens (tertiary/aromatic N) is 2. The lowest BCUT2D eigenvalue weighted by molar-refractivity contribution is 0.657. The van der Waals surface area contributed by atoms with Crippen LogP contribution in [0.2, 0.25) is 0 Å². The molecule has 0 saturated carbocycles. The zero-order valence-corrected chi connectivity index (χ0v) is 9.74. The predicted octanol–water partition coefficient (Wildman–Crippen LogP) is 2.65. The summed E-state index contributed by atoms with van der Waals surface area (Å²) in [4.78, 5) is 0.978. The van der Waals surface area contributed by atoms with Crippen molar-refractivity contribution in [3.8, 4) is 0 Å². The smallest absolute Gasteiger partial charge is 0.176 e. The van der Waals surface area contributed by atoms with Gasteiger partial charge in [0.25, 0.3) is 0 Å². The molecule has 0 saturated heterocycles. The van der Waals surface area contributed by atoms with Crippen LogP contribution in [-0.4, -0.2) is 9.78 Å². The number of rotatable bonds is 3. The number of anilines is 1. The third kappa shape index (κ3) is 3.21. The highest BCUT2D eigenvalue weighted by Gasteiger charge is 1.99. The molecule has 0 bridgehead atoms. The molecule has 0 aromatic carbocycles. The van der Waals surface area contributed by atoms with Crippen LogP contribution in [-0.2, 0) is 13.6 Å². The van der Waals surface area contributed by atoms with Gasteiger partial charge in [0.1, 0.15) is 0 Å². The monoisotopic (exact) mass is 247 g/mol. The summed E-state index contributed by atoms with van der Waals surface area (Å²) in [6.07, 6.45) is 3.62. The minimum absolute atomic E-state index is 0. The van der Waals surface area contributed by atoms with Crippen molar-refractivity contribution in [2.75, 3.05) is 5.32 Å². The Balaban J connectivity index is 0.00000112. The first-order valence-electron chi connectivity index (χ1n) is 4.21. The Morgan fingerprint density at radius 1 is 1.53 bits per heavy atom. The first-order chi connectivity index (χ1) is 6.74. The summed E-state index contributed by atoms with van der Waals surface area (Å²) in [5.74, 6) is 0. The van der Waals surface area contributed by atoms with Crippen LogP contribution in [0.15, 0.2) is 24.5 Å². The van der Waals surface area contributed by atoms with E-state index in [1.54, 1.807) is 16.9 Å². The van der Waals surface area contributed by atoms with Crippen molar-refractivity contribution in [2.24, 2.45) is 7.05 Å². The molecule has 0 atom stereocenters. The normalized spacial score (nSPS) is 9.73. The van der Waals surface area contributed by atoms with E-state index in [1.807, 2.05) is 13.2 Å². The first-order valence-corrected chi connectivity index (χ1v) is 5.02. The molecule has 2 aromatic heterocycles. The van der Waals surface area contributed by atoms with Gasteiger partial charge in [-0.15, -0.1) is 23.7 Å². The van der Waals surface area contributed by atoms with Crippen molar-refractivity contribution < 1.29 is 4.39 Å². The third-order valence-corrected chi connectivity index (χ3v) is 2.67. The highest BCUT2D eigenvalue weighted by molar-refractivity contribution is 7.10. The molecule has 0 radical (unpaired) electrons. The quantitative estimate of drug-likeness (QED) is 0.904. The lowest BCUT2D eigenvalue weighted by Gasteiger charge is -1.99. The Morgan fingerprint density at radius 2 is 2.33 bits per heavy atom. The van der Waals surface area contributed by atoms with Gasteiger partial charge in [-0.3, -0.25) is 4.68 Å². The fraction of sp³-hybridized carbons (Fsp3) is 0.222. The van der Waals surface area contributed by atoms with Gasteiger partial charge in [0.05, 0.1) is 11.9 Å². The van der Waals surface area contributed by atoms with Gasteiger partial charge in [-0.05, 0) is 12.1 Å². The number of hydrogen-bond acceptors (Lipinski definition) is 3. The number of aryl methyl sites for hydroxylation is 1. The van der Waals surface area contributed by atoms with E-state index in [2.05, 4.69) is 10.4 Å². The molecule has 0 amide bonds. The summed E-state index contributed by atoms with van der Waals surface area (Å²) < 4.78 is 14.4. The van der Waals surface area contributed by atoms with E-state index in [4.69, 9.17) is 0 Å². The molecular formula is C9H11ClFN3S. The van der Waals surface area contributed by atoms with E-state index in [-0.39, 0.29) is 17.5 Å². The molecule has 1 N–H and O–H groups in total. The number of aromatic nitrogens is 2. The molecule has 0 aliphatic carbocycles. The maximum Gasteiger partial charge on any atom is 0.176 e. The predicted molar refractivity (Wildman–Crippen MR) is 62.1 cm³/mol. The molecular weight excluding hydrogens is 237 g/mol. The Bertz CT molecular complexity index is 386. The second-order valence-corrected chi connectivity index (χ2v) is 4.08. The largest absolute Gasteiger partial charge is 0.378 e. The van der Waals surface area contributed by atoms with Crippen LogP contribution >= 0.6 is 23.7 Å². The second kappa shape index (κ2) is 5.14. The number of thiophene rings is 1. The molecule has 15 heavy (non-hydrogen) atoms. The van der Waals surface area contributed by atoms with Crippen molar-refractivity contribution in [1.29, 1.82) is 0 Å². The van der Waals surface area contributed by atoms with Gasteiger partial charge in [0.15, 0.2) is 5.13 Å². The Labute approximate surface area is 97.3 Å². The van der Waals surface area contributed by atoms with Gasteiger partial charge in [0.2, 0.25) is 0 Å². The van der Waals surface area contributed by atoms with E-state index < -0.39 is 0 Å². The van der Waals surface area contributed by atoms with Crippen molar-refractivity contribution in [2.45, 2.75) is 6.54 Å². The number of nitrogens with one attached hydrogen (secondary N) is 1. The fourth-order valence-corrected chi connectivity index (χ4v) is 1.82. The average Bonchev–Trinajstić information content (AvgIpc) is 2.72. The van der Waals surface area contributed by atoms with Crippen LogP contribution in [0.5, 0.6) is 0 Å². The topological polar surface area (TPSA) is 29.9 Å². The Kier molecular flexibility index (Phi) is 4.11. The fourth-order valence-electron chi connectivity index (χ4n) is 1.15. The van der Waals surface area contributed by atoms with Gasteiger partial charge >= 0.3 is 0 Å². The highest BCUT2D eigenvalue weighted by atomic mass is 35.5. The number of hydrogen-bond donors (Lipinski definition) is 1. The van der Waals surface area contributed by atoms with Gasteiger partial charge in [-0.2, -0.15) is 9.49 Å². The lowest BCUT2D eigenvalue weighted by Crippen LogP contribution is -1.95. The van der Waals surface area contributed by atoms with Crippen LogP contribution in [0.3, 0.4) is 0 Å². The maximum absolute atomic E-state index is 12.6. The van der Waals surface area contributed by atoms with Crippen LogP contribution in [0, 0.1) is 5.13 Å². The van der Waals surface area contributed by atoms with E-state index >= 15 is 0 Å². The highest BCUT2D eigenvalue weighted by Crippen LogP contribution is 2.15. The van der Waals surface area contributed by atoms with Gasteiger partial charge in [-0.1, -0.05) is 0 Å². The van der Waals surface area contributed by atoms with Gasteiger partial charge in [-0.25, -0.2) is 0 Å². The molecule has 0 aliphatic rings. The summed E-state index contributed by atoms with van der Waals surface area (Å²) in [5.41, 5.74) is 0.946. The van der Waals surface area contributed by atoms with Crippen LogP contribution in [0.25, 0.3) is 0 Å². The second-order valence-electron chi connectivity index (χ2n) is 2.96. The van der Waals surface area contributed by atoms with Crippen LogP contribution in [0.1, 0.15) is 4.88 Å². The third-order valence-electron chi connectivity index (χ3n) is 1.80. The lowest BCUT2D eigenvalue weighted by atomic mass is 10.4. The molecule has 2 aromatic rings. The zero-order valence-electron chi connectivity index (χ0n) is 8.11. The summed E-state index contributed by atoms with van der Waals surface area (Å²) in [7, 11) is 1.86. The van der Waals surface area contributed by atoms with Crippen molar-refractivity contribution >= 4 is 29.4 Å². The molecule has 2 heterocycles. The number of halogens is 2. The Hall–Kier alpha value is -1.07.